The first-order valence-electron chi connectivity index (χ1n) is 3.87. The summed E-state index contributed by atoms with van der Waals surface area (Å²) in [5, 5.41) is 0. The van der Waals surface area contributed by atoms with Crippen molar-refractivity contribution in [3.8, 4) is 0 Å². The first-order valence-corrected chi connectivity index (χ1v) is 4.40. The summed E-state index contributed by atoms with van der Waals surface area (Å²) in [7, 11) is 0. The van der Waals surface area contributed by atoms with Gasteiger partial charge in [0.05, 0.1) is 18.6 Å². The Balaban J connectivity index is 2.42. The van der Waals surface area contributed by atoms with E-state index in [4.69, 9.17) is 21.1 Å². The molecule has 1 saturated heterocycles. The van der Waals surface area contributed by atoms with Crippen LogP contribution in [-0.2, 0) is 9.47 Å². The van der Waals surface area contributed by atoms with Crippen molar-refractivity contribution in [2.45, 2.75) is 33.2 Å². The molecule has 2 atom stereocenters. The van der Waals surface area contributed by atoms with Crippen molar-refractivity contribution < 1.29 is 9.47 Å². The quantitative estimate of drug-likeness (QED) is 0.572. The standard InChI is InChI=1S/C8H15ClO2/c1-8(2,3)7-10-5-6(4-9)11-7/h6-7H,4-5H2,1-3H3. The summed E-state index contributed by atoms with van der Waals surface area (Å²) in [5.74, 6) is 0.520. The maximum absolute atomic E-state index is 5.62. The summed E-state index contributed by atoms with van der Waals surface area (Å²) < 4.78 is 10.9. The maximum Gasteiger partial charge on any atom is 0.163 e. The Morgan fingerprint density at radius 1 is 1.45 bits per heavy atom. The highest BCUT2D eigenvalue weighted by Crippen LogP contribution is 2.28. The second kappa shape index (κ2) is 3.30. The molecule has 0 radical (unpaired) electrons. The fourth-order valence-corrected chi connectivity index (χ4v) is 1.14. The molecule has 0 N–H and O–H groups in total. The summed E-state index contributed by atoms with van der Waals surface area (Å²) in [4.78, 5) is 0. The minimum absolute atomic E-state index is 0.0564. The normalized spacial score (nSPS) is 32.7. The Morgan fingerprint density at radius 3 is 2.36 bits per heavy atom. The Morgan fingerprint density at radius 2 is 2.09 bits per heavy atom. The Hall–Kier alpha value is 0.210. The van der Waals surface area contributed by atoms with E-state index in [2.05, 4.69) is 20.8 Å². The molecule has 3 heteroatoms. The van der Waals surface area contributed by atoms with E-state index >= 15 is 0 Å². The molecule has 66 valence electrons. The molecule has 1 aliphatic heterocycles. The molecule has 0 saturated carbocycles. The first kappa shape index (κ1) is 9.30. The van der Waals surface area contributed by atoms with E-state index in [0.717, 1.165) is 0 Å². The summed E-state index contributed by atoms with van der Waals surface area (Å²) >= 11 is 5.62. The van der Waals surface area contributed by atoms with Crippen LogP contribution < -0.4 is 0 Å². The van der Waals surface area contributed by atoms with E-state index in [1.165, 1.54) is 0 Å². The maximum atomic E-state index is 5.62. The Kier molecular flexibility index (Phi) is 2.79. The predicted octanol–water partition coefficient (Wildman–Crippen LogP) is 2.01. The van der Waals surface area contributed by atoms with Gasteiger partial charge in [0, 0.05) is 5.41 Å². The van der Waals surface area contributed by atoms with Gasteiger partial charge in [0.1, 0.15) is 0 Å². The molecule has 11 heavy (non-hydrogen) atoms. The smallest absolute Gasteiger partial charge is 0.163 e. The Labute approximate surface area is 72.8 Å². The molecular weight excluding hydrogens is 164 g/mol. The molecular formula is C8H15ClO2. The third kappa shape index (κ3) is 2.32. The van der Waals surface area contributed by atoms with Crippen molar-refractivity contribution in [1.29, 1.82) is 0 Å². The zero-order valence-corrected chi connectivity index (χ0v) is 8.02. The molecule has 1 rings (SSSR count). The van der Waals surface area contributed by atoms with Crippen LogP contribution in [0.5, 0.6) is 0 Å². The van der Waals surface area contributed by atoms with Crippen LogP contribution >= 0.6 is 11.6 Å². The molecule has 0 spiro atoms. The van der Waals surface area contributed by atoms with Gasteiger partial charge in [0.15, 0.2) is 6.29 Å². The average Bonchev–Trinajstić information content (AvgIpc) is 2.32. The van der Waals surface area contributed by atoms with Gasteiger partial charge in [-0.15, -0.1) is 11.6 Å². The monoisotopic (exact) mass is 178 g/mol. The lowest BCUT2D eigenvalue weighted by Crippen LogP contribution is -2.27. The van der Waals surface area contributed by atoms with Crippen molar-refractivity contribution in [1.82, 2.24) is 0 Å². The zero-order chi connectivity index (χ0) is 8.48. The van der Waals surface area contributed by atoms with Crippen molar-refractivity contribution in [3.05, 3.63) is 0 Å². The summed E-state index contributed by atoms with van der Waals surface area (Å²) in [5.41, 5.74) is 0.0564. The molecule has 1 heterocycles. The fourth-order valence-electron chi connectivity index (χ4n) is 0.983. The van der Waals surface area contributed by atoms with Gasteiger partial charge in [-0.1, -0.05) is 20.8 Å². The molecule has 0 aromatic carbocycles. The van der Waals surface area contributed by atoms with Crippen molar-refractivity contribution in [3.63, 3.8) is 0 Å². The van der Waals surface area contributed by atoms with Gasteiger partial charge < -0.3 is 9.47 Å². The number of halogens is 1. The van der Waals surface area contributed by atoms with Crippen molar-refractivity contribution in [2.75, 3.05) is 12.5 Å². The van der Waals surface area contributed by atoms with Gasteiger partial charge in [-0.3, -0.25) is 0 Å². The van der Waals surface area contributed by atoms with Crippen LogP contribution in [-0.4, -0.2) is 24.9 Å². The minimum Gasteiger partial charge on any atom is -0.349 e. The van der Waals surface area contributed by atoms with Gasteiger partial charge in [-0.2, -0.15) is 0 Å². The van der Waals surface area contributed by atoms with E-state index < -0.39 is 0 Å². The molecule has 2 unspecified atom stereocenters. The van der Waals surface area contributed by atoms with Gasteiger partial charge in [-0.25, -0.2) is 0 Å². The second-order valence-electron chi connectivity index (χ2n) is 3.94. The highest BCUT2D eigenvalue weighted by Gasteiger charge is 2.34. The lowest BCUT2D eigenvalue weighted by molar-refractivity contribution is -0.121. The van der Waals surface area contributed by atoms with Crippen molar-refractivity contribution >= 4 is 11.6 Å². The van der Waals surface area contributed by atoms with Crippen LogP contribution in [0.15, 0.2) is 0 Å². The predicted molar refractivity (Wildman–Crippen MR) is 44.8 cm³/mol. The van der Waals surface area contributed by atoms with Crippen molar-refractivity contribution in [2.24, 2.45) is 5.41 Å². The van der Waals surface area contributed by atoms with Gasteiger partial charge >= 0.3 is 0 Å². The Bertz CT molecular complexity index is 131. The van der Waals surface area contributed by atoms with Gasteiger partial charge in [-0.05, 0) is 0 Å². The SMILES string of the molecule is CC(C)(C)C1OCC(CCl)O1. The number of rotatable bonds is 1. The van der Waals surface area contributed by atoms with E-state index in [9.17, 15) is 0 Å². The molecule has 0 amide bonds. The van der Waals surface area contributed by atoms with Gasteiger partial charge in [0.25, 0.3) is 0 Å². The topological polar surface area (TPSA) is 18.5 Å². The van der Waals surface area contributed by atoms with E-state index in [1.54, 1.807) is 0 Å². The third-order valence-corrected chi connectivity index (χ3v) is 1.97. The highest BCUT2D eigenvalue weighted by molar-refractivity contribution is 6.18. The van der Waals surface area contributed by atoms with E-state index in [1.807, 2.05) is 0 Å². The van der Waals surface area contributed by atoms with Crippen LogP contribution in [0.3, 0.4) is 0 Å². The largest absolute Gasteiger partial charge is 0.349 e. The second-order valence-corrected chi connectivity index (χ2v) is 4.25. The summed E-state index contributed by atoms with van der Waals surface area (Å²) in [6, 6.07) is 0. The van der Waals surface area contributed by atoms with Crippen LogP contribution in [0.1, 0.15) is 20.8 Å². The third-order valence-electron chi connectivity index (χ3n) is 1.63. The zero-order valence-electron chi connectivity index (χ0n) is 7.26. The average molecular weight is 179 g/mol. The lowest BCUT2D eigenvalue weighted by atomic mass is 9.96. The molecule has 0 aliphatic carbocycles. The molecule has 0 aromatic rings. The molecule has 2 nitrogen and oxygen atoms in total. The van der Waals surface area contributed by atoms with E-state index in [-0.39, 0.29) is 17.8 Å². The van der Waals surface area contributed by atoms with Crippen LogP contribution in [0.4, 0.5) is 0 Å². The molecule has 1 fully saturated rings. The molecule has 0 aromatic heterocycles. The number of hydrogen-bond acceptors (Lipinski definition) is 2. The summed E-state index contributed by atoms with van der Waals surface area (Å²) in [6.07, 6.45) is -0.00728. The number of alkyl halides is 1. The number of ether oxygens (including phenoxy) is 2. The van der Waals surface area contributed by atoms with Gasteiger partial charge in [0.2, 0.25) is 0 Å². The van der Waals surface area contributed by atoms with Crippen LogP contribution in [0.25, 0.3) is 0 Å². The first-order chi connectivity index (χ1) is 5.04. The van der Waals surface area contributed by atoms with E-state index in [0.29, 0.717) is 12.5 Å². The molecule has 1 aliphatic rings. The fraction of sp³-hybridized carbons (Fsp3) is 1.00. The minimum atomic E-state index is -0.0914. The van der Waals surface area contributed by atoms with Crippen LogP contribution in [0.2, 0.25) is 0 Å². The highest BCUT2D eigenvalue weighted by atomic mass is 35.5. The lowest BCUT2D eigenvalue weighted by Gasteiger charge is -2.24. The number of hydrogen-bond donors (Lipinski definition) is 0. The molecule has 0 bridgehead atoms. The summed E-state index contributed by atoms with van der Waals surface area (Å²) in [6.45, 7) is 6.91. The van der Waals surface area contributed by atoms with Crippen LogP contribution in [0, 0.1) is 5.41 Å².